The van der Waals surface area contributed by atoms with Gasteiger partial charge in [-0.25, -0.2) is 4.79 Å². The van der Waals surface area contributed by atoms with Crippen molar-refractivity contribution in [3.63, 3.8) is 0 Å². The van der Waals surface area contributed by atoms with Crippen LogP contribution in [0, 0.1) is 0 Å². The van der Waals surface area contributed by atoms with Gasteiger partial charge in [0.1, 0.15) is 0 Å². The van der Waals surface area contributed by atoms with Gasteiger partial charge in [-0.1, -0.05) is 0 Å². The molecule has 5 heavy (non-hydrogen) atoms. The van der Waals surface area contributed by atoms with Gasteiger partial charge in [0.25, 0.3) is 11.9 Å². The molecule has 0 atom stereocenters. The summed E-state index contributed by atoms with van der Waals surface area (Å²) in [4.78, 5) is 9.43. The fraction of sp³-hybridized carbons (Fsp3) is 0. The fourth-order valence-electron chi connectivity index (χ4n) is 0.0618. The normalized spacial score (nSPS) is 8.80. The van der Waals surface area contributed by atoms with Crippen LogP contribution in [0.2, 0.25) is 0 Å². The predicted molar refractivity (Wildman–Crippen MR) is 15.1 cm³/mol. The highest BCUT2D eigenvalue weighted by Crippen LogP contribution is 1.83. The van der Waals surface area contributed by atoms with E-state index >= 15 is 0 Å². The average molecular weight is 92.1 g/mol. The summed E-state index contributed by atoms with van der Waals surface area (Å²) in [5, 5.41) is 0. The van der Waals surface area contributed by atoms with E-state index in [4.69, 9.17) is 0 Å². The Bertz CT molecular complexity index is 121. The van der Waals surface area contributed by atoms with Crippen LogP contribution in [0.25, 0.3) is 0 Å². The van der Waals surface area contributed by atoms with Gasteiger partial charge < -0.3 is 0 Å². The van der Waals surface area contributed by atoms with Gasteiger partial charge in [0, 0.05) is 0 Å². The lowest BCUT2D eigenvalue weighted by atomic mass is 11.6. The third-order valence-corrected chi connectivity index (χ3v) is 0.612. The molecule has 0 unspecified atom stereocenters. The minimum absolute atomic E-state index is 0.602. The summed E-state index contributed by atoms with van der Waals surface area (Å²) in [6.07, 6.45) is 0. The first-order chi connectivity index (χ1) is 2.39. The molecule has 0 amide bonds. The van der Waals surface area contributed by atoms with Crippen LogP contribution >= 0.6 is 11.9 Å². The number of hydrogen-bond donors (Lipinski definition) is 0. The van der Waals surface area contributed by atoms with Crippen molar-refractivity contribution in [1.82, 2.24) is 0 Å². The lowest BCUT2D eigenvalue weighted by Crippen LogP contribution is -1.92. The average Bonchev–Trinajstić information content (AvgIpc) is 1.30. The van der Waals surface area contributed by atoms with Crippen LogP contribution in [-0.4, -0.2) is 0 Å². The smallest absolute Gasteiger partial charge is 0.299 e. The maximum absolute atomic E-state index is 9.43. The molecule has 0 saturated heterocycles. The zero-order valence-corrected chi connectivity index (χ0v) is 2.95. The van der Waals surface area contributed by atoms with Gasteiger partial charge in [-0.05, 0) is 0 Å². The Kier molecular flexibility index (Phi) is 0.390. The Morgan fingerprint density at radius 2 is 2.00 bits per heavy atom. The van der Waals surface area contributed by atoms with Gasteiger partial charge in [-0.15, -0.1) is 0 Å². The summed E-state index contributed by atoms with van der Waals surface area (Å²) >= 11 is 0.696. The van der Waals surface area contributed by atoms with Crippen LogP contribution in [0.1, 0.15) is 0 Å². The van der Waals surface area contributed by atoms with E-state index in [1.807, 2.05) is 0 Å². The first-order valence-electron chi connectivity index (χ1n) is 0.946. The highest BCUT2D eigenvalue weighted by molar-refractivity contribution is 6.93. The van der Waals surface area contributed by atoms with Crippen LogP contribution in [-0.2, 0) is 0 Å². The van der Waals surface area contributed by atoms with Crippen LogP contribution in [0.15, 0.2) is 12.5 Å². The van der Waals surface area contributed by atoms with E-state index in [1.165, 1.54) is 0 Å². The molecule has 1 heterocycles. The third kappa shape index (κ3) is 0.257. The standard InChI is InChI=1S/CO3S/c2-1-3-5-4-1. The van der Waals surface area contributed by atoms with E-state index in [-0.39, 0.29) is 0 Å². The summed E-state index contributed by atoms with van der Waals surface area (Å²) in [6, 6.07) is 0. The van der Waals surface area contributed by atoms with Crippen LogP contribution < -0.4 is 5.82 Å². The molecular weight excluding hydrogens is 92.1 g/mol. The molecule has 0 bridgehead atoms. The van der Waals surface area contributed by atoms with Gasteiger partial charge in [0.2, 0.25) is 0 Å². The Labute approximate surface area is 31.3 Å². The monoisotopic (exact) mass is 92.0 g/mol. The SMILES string of the molecule is O=c1oso1. The molecule has 0 saturated carbocycles. The molecule has 4 heteroatoms. The summed E-state index contributed by atoms with van der Waals surface area (Å²) in [7, 11) is 0. The largest absolute Gasteiger partial charge is 0.546 e. The molecule has 0 aromatic carbocycles. The van der Waals surface area contributed by atoms with Crippen molar-refractivity contribution in [1.29, 1.82) is 0 Å². The van der Waals surface area contributed by atoms with E-state index in [0.29, 0.717) is 11.9 Å². The first-order valence-corrected chi connectivity index (χ1v) is 1.61. The Morgan fingerprint density at radius 1 is 1.60 bits per heavy atom. The summed E-state index contributed by atoms with van der Waals surface area (Å²) < 4.78 is 7.97. The second-order valence-electron chi connectivity index (χ2n) is 0.485. The topological polar surface area (TPSA) is 43.4 Å². The zero-order chi connectivity index (χ0) is 3.70. The summed E-state index contributed by atoms with van der Waals surface area (Å²) in [5.41, 5.74) is 0. The minimum Gasteiger partial charge on any atom is -0.299 e. The predicted octanol–water partition coefficient (Wildman–Crippen LogP) is 0.294. The zero-order valence-electron chi connectivity index (χ0n) is 2.13. The van der Waals surface area contributed by atoms with E-state index < -0.39 is 5.82 Å². The van der Waals surface area contributed by atoms with E-state index in [9.17, 15) is 4.79 Å². The summed E-state index contributed by atoms with van der Waals surface area (Å²) in [6.45, 7) is 0. The van der Waals surface area contributed by atoms with Gasteiger partial charge in [0.15, 0.2) is 0 Å². The van der Waals surface area contributed by atoms with Crippen molar-refractivity contribution in [2.75, 3.05) is 0 Å². The Balaban J connectivity index is 3.29. The first kappa shape index (κ1) is 2.71. The molecule has 1 rings (SSSR count). The molecule has 28 valence electrons. The molecule has 0 aliphatic rings. The molecule has 0 fully saturated rings. The number of rotatable bonds is 0. The molecule has 1 aromatic heterocycles. The Morgan fingerprint density at radius 3 is 2.00 bits per heavy atom. The molecule has 1 aromatic rings. The van der Waals surface area contributed by atoms with E-state index in [2.05, 4.69) is 7.70 Å². The van der Waals surface area contributed by atoms with Crippen LogP contribution in [0.4, 0.5) is 0 Å². The quantitative estimate of drug-likeness (QED) is 0.462. The van der Waals surface area contributed by atoms with Crippen molar-refractivity contribution in [3.05, 3.63) is 10.6 Å². The highest BCUT2D eigenvalue weighted by atomic mass is 32.1. The molecule has 3 nitrogen and oxygen atoms in total. The minimum atomic E-state index is -0.602. The van der Waals surface area contributed by atoms with Gasteiger partial charge in [-0.3, -0.25) is 7.70 Å². The summed E-state index contributed by atoms with van der Waals surface area (Å²) in [5.74, 6) is -0.602. The molecule has 0 spiro atoms. The van der Waals surface area contributed by atoms with Gasteiger partial charge >= 0.3 is 5.82 Å². The van der Waals surface area contributed by atoms with Crippen molar-refractivity contribution in [2.45, 2.75) is 0 Å². The van der Waals surface area contributed by atoms with Gasteiger partial charge in [-0.2, -0.15) is 0 Å². The van der Waals surface area contributed by atoms with Crippen molar-refractivity contribution >= 4 is 11.9 Å². The van der Waals surface area contributed by atoms with Crippen molar-refractivity contribution < 1.29 is 7.70 Å². The molecule has 0 radical (unpaired) electrons. The molecule has 0 aliphatic heterocycles. The van der Waals surface area contributed by atoms with E-state index in [0.717, 1.165) is 0 Å². The maximum Gasteiger partial charge on any atom is 0.546 e. The van der Waals surface area contributed by atoms with E-state index in [1.54, 1.807) is 0 Å². The van der Waals surface area contributed by atoms with Gasteiger partial charge in [0.05, 0.1) is 0 Å². The number of hydrogen-bond acceptors (Lipinski definition) is 4. The Hall–Kier alpha value is -0.510. The van der Waals surface area contributed by atoms with Crippen LogP contribution in [0.3, 0.4) is 0 Å². The maximum atomic E-state index is 9.43. The van der Waals surface area contributed by atoms with Crippen LogP contribution in [0.5, 0.6) is 0 Å². The highest BCUT2D eigenvalue weighted by Gasteiger charge is 1.83. The van der Waals surface area contributed by atoms with Crippen molar-refractivity contribution in [3.8, 4) is 0 Å². The molecular formula is CO3S. The lowest BCUT2D eigenvalue weighted by molar-refractivity contribution is 0.358. The third-order valence-electron chi connectivity index (χ3n) is 0.204. The second kappa shape index (κ2) is 0.718. The second-order valence-corrected chi connectivity index (χ2v) is 0.954. The van der Waals surface area contributed by atoms with Crippen molar-refractivity contribution in [2.24, 2.45) is 0 Å². The lowest BCUT2D eigenvalue weighted by Gasteiger charge is -1.69. The molecule has 0 N–H and O–H groups in total. The fourth-order valence-corrected chi connectivity index (χ4v) is 0.185. The molecule has 0 aliphatic carbocycles.